The summed E-state index contributed by atoms with van der Waals surface area (Å²) in [5.74, 6) is 0.940. The van der Waals surface area contributed by atoms with Crippen LogP contribution < -0.4 is 4.57 Å². The third-order valence-corrected chi connectivity index (χ3v) is 6.70. The van der Waals surface area contributed by atoms with Gasteiger partial charge >= 0.3 is 0 Å². The minimum Gasteiger partial charge on any atom is -0.303 e. The van der Waals surface area contributed by atoms with E-state index in [4.69, 9.17) is 4.11 Å². The Hall–Kier alpha value is -2.53. The van der Waals surface area contributed by atoms with Crippen LogP contribution in [0, 0.1) is 27.6 Å². The molecule has 4 aromatic rings. The van der Waals surface area contributed by atoms with Crippen molar-refractivity contribution in [3.8, 4) is 16.9 Å². The Balaban J connectivity index is 1.95. The number of benzene rings is 1. The van der Waals surface area contributed by atoms with E-state index in [-0.39, 0.29) is 0 Å². The zero-order valence-electron chi connectivity index (χ0n) is 18.2. The number of hydrogen-bond donors (Lipinski definition) is 0. The predicted molar refractivity (Wildman–Crippen MR) is 105 cm³/mol. The molecule has 0 aliphatic carbocycles. The van der Waals surface area contributed by atoms with Gasteiger partial charge in [-0.1, -0.05) is 0 Å². The molecule has 0 unspecified atom stereocenters. The molecule has 0 saturated heterocycles. The SMILES string of the molecule is [2H]C([2H])([2H])c1cc2c(c(-c3c4sc(C)c(C)c4nc[n+]3C)c1C)Cc1nccn1-2. The Morgan fingerprint density at radius 3 is 2.88 bits per heavy atom. The molecule has 0 N–H and O–H groups in total. The summed E-state index contributed by atoms with van der Waals surface area (Å²) in [5.41, 5.74) is 7.44. The molecule has 130 valence electrons. The van der Waals surface area contributed by atoms with Crippen LogP contribution in [0.1, 0.15) is 37.1 Å². The van der Waals surface area contributed by atoms with Gasteiger partial charge in [-0.2, -0.15) is 0 Å². The van der Waals surface area contributed by atoms with Gasteiger partial charge < -0.3 is 4.57 Å². The third-order valence-electron chi connectivity index (χ3n) is 5.50. The summed E-state index contributed by atoms with van der Waals surface area (Å²) < 4.78 is 29.5. The van der Waals surface area contributed by atoms with Gasteiger partial charge in [-0.25, -0.2) is 9.55 Å². The summed E-state index contributed by atoms with van der Waals surface area (Å²) in [6.07, 6.45) is 6.19. The number of thiophene rings is 1. The molecule has 0 radical (unpaired) electrons. The fourth-order valence-electron chi connectivity index (χ4n) is 3.96. The second-order valence-corrected chi connectivity index (χ2v) is 8.20. The van der Waals surface area contributed by atoms with Crippen molar-refractivity contribution in [1.82, 2.24) is 14.5 Å². The number of nitrogens with zero attached hydrogens (tertiary/aromatic N) is 4. The molecule has 3 aromatic heterocycles. The highest BCUT2D eigenvalue weighted by Gasteiger charge is 2.29. The van der Waals surface area contributed by atoms with Crippen molar-refractivity contribution < 1.29 is 8.68 Å². The van der Waals surface area contributed by atoms with Crippen LogP contribution in [0.5, 0.6) is 0 Å². The van der Waals surface area contributed by atoms with E-state index < -0.39 is 6.85 Å². The van der Waals surface area contributed by atoms with E-state index in [9.17, 15) is 0 Å². The predicted octanol–water partition coefficient (Wildman–Crippen LogP) is 4.11. The lowest BCUT2D eigenvalue weighted by Gasteiger charge is -2.15. The van der Waals surface area contributed by atoms with Crippen LogP contribution in [0.25, 0.3) is 27.2 Å². The number of rotatable bonds is 1. The lowest BCUT2D eigenvalue weighted by Crippen LogP contribution is -2.32. The van der Waals surface area contributed by atoms with Crippen LogP contribution in [0.3, 0.4) is 0 Å². The molecule has 0 saturated carbocycles. The number of aryl methyl sites for hydroxylation is 4. The number of hydrogen-bond acceptors (Lipinski definition) is 3. The van der Waals surface area contributed by atoms with Crippen LogP contribution in [-0.2, 0) is 13.5 Å². The molecule has 5 rings (SSSR count). The highest BCUT2D eigenvalue weighted by Crippen LogP contribution is 2.42. The first kappa shape index (κ1) is 12.8. The molecule has 0 fully saturated rings. The molecule has 0 amide bonds. The van der Waals surface area contributed by atoms with E-state index in [1.807, 2.05) is 41.7 Å². The molecule has 1 aromatic carbocycles. The molecule has 5 heteroatoms. The van der Waals surface area contributed by atoms with Crippen molar-refractivity contribution in [3.63, 3.8) is 0 Å². The maximum Gasteiger partial charge on any atom is 0.287 e. The molecule has 4 heterocycles. The van der Waals surface area contributed by atoms with Gasteiger partial charge in [0.2, 0.25) is 5.52 Å². The number of aromatic nitrogens is 4. The fourth-order valence-corrected chi connectivity index (χ4v) is 5.16. The van der Waals surface area contributed by atoms with Crippen LogP contribution in [0.15, 0.2) is 24.8 Å². The van der Waals surface area contributed by atoms with Crippen molar-refractivity contribution in [2.45, 2.75) is 34.0 Å². The van der Waals surface area contributed by atoms with E-state index in [0.29, 0.717) is 12.0 Å². The first-order valence-corrected chi connectivity index (χ1v) is 9.44. The first-order valence-electron chi connectivity index (χ1n) is 10.1. The molecule has 0 atom stereocenters. The van der Waals surface area contributed by atoms with Gasteiger partial charge in [0.1, 0.15) is 10.5 Å². The van der Waals surface area contributed by atoms with E-state index >= 15 is 0 Å². The minimum absolute atomic E-state index is 0.391. The third kappa shape index (κ3) is 1.92. The van der Waals surface area contributed by atoms with E-state index in [0.717, 1.165) is 44.1 Å². The van der Waals surface area contributed by atoms with E-state index in [1.54, 1.807) is 17.5 Å². The topological polar surface area (TPSA) is 34.6 Å². The Morgan fingerprint density at radius 2 is 2.08 bits per heavy atom. The second-order valence-electron chi connectivity index (χ2n) is 6.98. The van der Waals surface area contributed by atoms with Gasteiger partial charge in [-0.3, -0.25) is 0 Å². The molecular weight excluding hydrogens is 340 g/mol. The molecule has 26 heavy (non-hydrogen) atoms. The van der Waals surface area contributed by atoms with Gasteiger partial charge in [-0.05, 0) is 55.4 Å². The fraction of sp³-hybridized carbons (Fsp3) is 0.286. The van der Waals surface area contributed by atoms with Gasteiger partial charge in [0.15, 0.2) is 5.69 Å². The lowest BCUT2D eigenvalue weighted by atomic mass is 9.92. The highest BCUT2D eigenvalue weighted by molar-refractivity contribution is 7.19. The Morgan fingerprint density at radius 1 is 1.23 bits per heavy atom. The van der Waals surface area contributed by atoms with E-state index in [2.05, 4.69) is 23.8 Å². The van der Waals surface area contributed by atoms with Gasteiger partial charge in [0, 0.05) is 38.9 Å². The first-order chi connectivity index (χ1) is 13.7. The van der Waals surface area contributed by atoms with Crippen molar-refractivity contribution in [2.75, 3.05) is 0 Å². The molecule has 1 aliphatic rings. The van der Waals surface area contributed by atoms with Crippen molar-refractivity contribution in [3.05, 3.63) is 57.7 Å². The normalized spacial score (nSPS) is 14.8. The smallest absolute Gasteiger partial charge is 0.287 e. The Kier molecular flexibility index (Phi) is 2.57. The lowest BCUT2D eigenvalue weighted by molar-refractivity contribution is -0.662. The standard InChI is InChI=1S/C21H21N4S/c1-11-8-16-15(9-17-22-6-7-25(16)17)18(12(11)2)20-21-19(23-10-24(20)5)13(3)14(4)26-21/h6-8,10H,9H2,1-5H3/q+1/i1D3. The van der Waals surface area contributed by atoms with Crippen molar-refractivity contribution in [1.29, 1.82) is 0 Å². The summed E-state index contributed by atoms with van der Waals surface area (Å²) in [6.45, 7) is 3.94. The average molecular weight is 365 g/mol. The Bertz CT molecular complexity index is 1310. The minimum atomic E-state index is -2.19. The maximum atomic E-state index is 8.13. The molecule has 4 nitrogen and oxygen atoms in total. The van der Waals surface area contributed by atoms with Gasteiger partial charge in [-0.15, -0.1) is 11.3 Å². The van der Waals surface area contributed by atoms with Crippen molar-refractivity contribution >= 4 is 21.6 Å². The monoisotopic (exact) mass is 364 g/mol. The second kappa shape index (κ2) is 5.24. The Labute approximate surface area is 161 Å². The zero-order valence-corrected chi connectivity index (χ0v) is 16.0. The largest absolute Gasteiger partial charge is 0.303 e. The zero-order chi connectivity index (χ0) is 20.7. The summed E-state index contributed by atoms with van der Waals surface area (Å²) >= 11 is 1.72. The molecule has 0 bridgehead atoms. The van der Waals surface area contributed by atoms with Gasteiger partial charge in [0.05, 0.1) is 12.7 Å². The number of fused-ring (bicyclic) bond motifs is 4. The average Bonchev–Trinajstić information content (AvgIpc) is 3.29. The van der Waals surface area contributed by atoms with Crippen LogP contribution >= 0.6 is 11.3 Å². The van der Waals surface area contributed by atoms with E-state index in [1.165, 1.54) is 10.4 Å². The van der Waals surface area contributed by atoms with Gasteiger partial charge in [0.25, 0.3) is 6.33 Å². The maximum absolute atomic E-state index is 8.13. The molecular formula is C21H21N4S+. The van der Waals surface area contributed by atoms with Crippen LogP contribution in [0.2, 0.25) is 0 Å². The highest BCUT2D eigenvalue weighted by atomic mass is 32.1. The molecule has 0 spiro atoms. The molecule has 1 aliphatic heterocycles. The van der Waals surface area contributed by atoms with Crippen molar-refractivity contribution in [2.24, 2.45) is 7.05 Å². The number of imidazole rings is 1. The summed E-state index contributed by atoms with van der Waals surface area (Å²) in [7, 11) is 1.98. The summed E-state index contributed by atoms with van der Waals surface area (Å²) in [5, 5.41) is 0. The van der Waals surface area contributed by atoms with Crippen LogP contribution in [0.4, 0.5) is 0 Å². The summed E-state index contributed by atoms with van der Waals surface area (Å²) in [4.78, 5) is 10.4. The quantitative estimate of drug-likeness (QED) is 0.420. The van der Waals surface area contributed by atoms with Crippen LogP contribution in [-0.4, -0.2) is 14.5 Å². The summed E-state index contributed by atoms with van der Waals surface area (Å²) in [6, 6.07) is 1.82.